The van der Waals surface area contributed by atoms with Gasteiger partial charge in [-0.1, -0.05) is 67.6 Å². The van der Waals surface area contributed by atoms with Crippen LogP contribution < -0.4 is 0 Å². The van der Waals surface area contributed by atoms with Crippen molar-refractivity contribution in [2.75, 3.05) is 6.61 Å². The van der Waals surface area contributed by atoms with E-state index < -0.39 is 0 Å². The molecule has 0 N–H and O–H groups in total. The highest BCUT2D eigenvalue weighted by molar-refractivity contribution is 5.84. The van der Waals surface area contributed by atoms with Crippen LogP contribution in [0, 0.1) is 5.41 Å². The molecule has 4 rings (SSSR count). The van der Waals surface area contributed by atoms with Gasteiger partial charge in [-0.2, -0.15) is 0 Å². The molecule has 130 valence electrons. The molecule has 2 aromatic rings. The van der Waals surface area contributed by atoms with E-state index in [0.29, 0.717) is 6.61 Å². The number of hydrogen-bond acceptors (Lipinski definition) is 2. The number of benzene rings is 2. The third-order valence-corrected chi connectivity index (χ3v) is 5.90. The van der Waals surface area contributed by atoms with E-state index in [1.807, 2.05) is 29.2 Å². The number of fused-ring (bicyclic) bond motifs is 1. The first-order valence-corrected chi connectivity index (χ1v) is 9.27. The highest BCUT2D eigenvalue weighted by Gasteiger charge is 2.51. The molecule has 1 amide bonds. The Hall–Kier alpha value is -2.13. The Morgan fingerprint density at radius 2 is 1.76 bits per heavy atom. The molecule has 0 aromatic heterocycles. The van der Waals surface area contributed by atoms with Crippen LogP contribution in [0.5, 0.6) is 0 Å². The minimum Gasteiger partial charge on any atom is -0.356 e. The van der Waals surface area contributed by atoms with Crippen LogP contribution >= 0.6 is 0 Å². The van der Waals surface area contributed by atoms with Crippen LogP contribution in [0.2, 0.25) is 0 Å². The van der Waals surface area contributed by atoms with E-state index >= 15 is 0 Å². The van der Waals surface area contributed by atoms with Gasteiger partial charge in [-0.3, -0.25) is 4.79 Å². The van der Waals surface area contributed by atoms with Gasteiger partial charge in [0.2, 0.25) is 5.91 Å². The van der Waals surface area contributed by atoms with E-state index in [1.54, 1.807) is 0 Å². The normalized spacial score (nSPS) is 28.8. The van der Waals surface area contributed by atoms with Gasteiger partial charge >= 0.3 is 0 Å². The van der Waals surface area contributed by atoms with Crippen molar-refractivity contribution < 1.29 is 9.53 Å². The van der Waals surface area contributed by atoms with Crippen LogP contribution in [0.4, 0.5) is 0 Å². The number of ether oxygens (including phenoxy) is 1. The number of rotatable bonds is 4. The van der Waals surface area contributed by atoms with Gasteiger partial charge in [-0.15, -0.1) is 0 Å². The van der Waals surface area contributed by atoms with Gasteiger partial charge in [0, 0.05) is 0 Å². The van der Waals surface area contributed by atoms with E-state index in [4.69, 9.17) is 4.74 Å². The average Bonchev–Trinajstić information content (AvgIpc) is 3.10. The van der Waals surface area contributed by atoms with Gasteiger partial charge in [0.1, 0.15) is 6.23 Å². The maximum atomic E-state index is 13.6. The standard InChI is InChI=1S/C22H25NO2/c1-2-22(15-17-9-5-3-6-10-17)14-13-20-23(21(22)24)19(16-25-20)18-11-7-4-8-12-18/h3-12,19-20H,2,13-16H2,1H3/t19-,20-,22-/m0/s1. The van der Waals surface area contributed by atoms with E-state index in [0.717, 1.165) is 25.7 Å². The molecule has 2 fully saturated rings. The SMILES string of the molecule is CC[C@@]1(Cc2ccccc2)CC[C@@H]2OC[C@@H](c3ccccc3)N2C1=O. The van der Waals surface area contributed by atoms with Gasteiger partial charge in [0.25, 0.3) is 0 Å². The minimum atomic E-state index is -0.307. The molecule has 25 heavy (non-hydrogen) atoms. The number of piperidine rings is 1. The summed E-state index contributed by atoms with van der Waals surface area (Å²) in [5.41, 5.74) is 2.11. The maximum absolute atomic E-state index is 13.6. The second-order valence-corrected chi connectivity index (χ2v) is 7.26. The zero-order valence-corrected chi connectivity index (χ0v) is 14.7. The van der Waals surface area contributed by atoms with Crippen LogP contribution in [0.15, 0.2) is 60.7 Å². The van der Waals surface area contributed by atoms with Crippen molar-refractivity contribution in [1.29, 1.82) is 0 Å². The predicted octanol–water partition coefficient (Wildman–Crippen LogP) is 4.35. The lowest BCUT2D eigenvalue weighted by Gasteiger charge is -2.44. The first-order valence-electron chi connectivity index (χ1n) is 9.27. The summed E-state index contributed by atoms with van der Waals surface area (Å²) in [5, 5.41) is 0. The molecule has 3 heteroatoms. The molecule has 3 atom stereocenters. The Bertz CT molecular complexity index is 730. The quantitative estimate of drug-likeness (QED) is 0.831. The second kappa shape index (κ2) is 6.64. The molecule has 0 unspecified atom stereocenters. The second-order valence-electron chi connectivity index (χ2n) is 7.26. The van der Waals surface area contributed by atoms with Crippen LogP contribution in [-0.2, 0) is 16.0 Å². The van der Waals surface area contributed by atoms with Crippen LogP contribution in [0.25, 0.3) is 0 Å². The topological polar surface area (TPSA) is 29.5 Å². The molecular weight excluding hydrogens is 310 g/mol. The molecule has 0 bridgehead atoms. The zero-order valence-electron chi connectivity index (χ0n) is 14.7. The van der Waals surface area contributed by atoms with Crippen molar-refractivity contribution in [2.45, 2.75) is 44.9 Å². The van der Waals surface area contributed by atoms with E-state index in [-0.39, 0.29) is 23.6 Å². The molecule has 0 saturated carbocycles. The lowest BCUT2D eigenvalue weighted by Crippen LogP contribution is -2.52. The van der Waals surface area contributed by atoms with Gasteiger partial charge in [0.05, 0.1) is 18.1 Å². The Balaban J connectivity index is 1.64. The number of nitrogens with zero attached hydrogens (tertiary/aromatic N) is 1. The molecule has 3 nitrogen and oxygen atoms in total. The van der Waals surface area contributed by atoms with Crippen molar-refractivity contribution in [3.05, 3.63) is 71.8 Å². The van der Waals surface area contributed by atoms with Crippen LogP contribution in [-0.4, -0.2) is 23.6 Å². The Kier molecular flexibility index (Phi) is 4.34. The van der Waals surface area contributed by atoms with E-state index in [1.165, 1.54) is 11.1 Å². The zero-order chi connectivity index (χ0) is 17.3. The average molecular weight is 335 g/mol. The number of amides is 1. The van der Waals surface area contributed by atoms with Gasteiger partial charge in [0.15, 0.2) is 0 Å². The highest BCUT2D eigenvalue weighted by atomic mass is 16.5. The smallest absolute Gasteiger partial charge is 0.231 e. The van der Waals surface area contributed by atoms with E-state index in [9.17, 15) is 4.79 Å². The number of hydrogen-bond donors (Lipinski definition) is 0. The third-order valence-electron chi connectivity index (χ3n) is 5.90. The Morgan fingerprint density at radius 1 is 1.08 bits per heavy atom. The summed E-state index contributed by atoms with van der Waals surface area (Å²) in [6.07, 6.45) is 3.45. The van der Waals surface area contributed by atoms with Crippen molar-refractivity contribution in [2.24, 2.45) is 5.41 Å². The monoisotopic (exact) mass is 335 g/mol. The molecule has 2 aromatic carbocycles. The fourth-order valence-corrected chi connectivity index (χ4v) is 4.37. The number of carbonyl (C=O) groups is 1. The number of carbonyl (C=O) groups excluding carboxylic acids is 1. The molecule has 0 spiro atoms. The summed E-state index contributed by atoms with van der Waals surface area (Å²) in [7, 11) is 0. The van der Waals surface area contributed by atoms with Gasteiger partial charge in [-0.05, 0) is 36.8 Å². The lowest BCUT2D eigenvalue weighted by molar-refractivity contribution is -0.158. The third kappa shape index (κ3) is 2.87. The minimum absolute atomic E-state index is 0.0423. The molecule has 2 aliphatic heterocycles. The van der Waals surface area contributed by atoms with Crippen LogP contribution in [0.3, 0.4) is 0 Å². The Morgan fingerprint density at radius 3 is 2.44 bits per heavy atom. The van der Waals surface area contributed by atoms with E-state index in [2.05, 4.69) is 43.3 Å². The summed E-state index contributed by atoms with van der Waals surface area (Å²) in [6, 6.07) is 20.7. The highest BCUT2D eigenvalue weighted by Crippen LogP contribution is 2.46. The fourth-order valence-electron chi connectivity index (χ4n) is 4.37. The fraction of sp³-hybridized carbons (Fsp3) is 0.409. The van der Waals surface area contributed by atoms with Crippen molar-refractivity contribution in [3.8, 4) is 0 Å². The summed E-state index contributed by atoms with van der Waals surface area (Å²) in [5.74, 6) is 0.265. The van der Waals surface area contributed by atoms with Crippen LogP contribution in [0.1, 0.15) is 43.4 Å². The summed E-state index contributed by atoms with van der Waals surface area (Å²) in [6.45, 7) is 2.75. The van der Waals surface area contributed by atoms with Crippen molar-refractivity contribution >= 4 is 5.91 Å². The summed E-state index contributed by atoms with van der Waals surface area (Å²) < 4.78 is 5.99. The van der Waals surface area contributed by atoms with Crippen molar-refractivity contribution in [1.82, 2.24) is 4.90 Å². The predicted molar refractivity (Wildman–Crippen MR) is 97.9 cm³/mol. The molecule has 2 aliphatic rings. The largest absolute Gasteiger partial charge is 0.356 e. The summed E-state index contributed by atoms with van der Waals surface area (Å²) in [4.78, 5) is 15.6. The van der Waals surface area contributed by atoms with Gasteiger partial charge < -0.3 is 9.64 Å². The summed E-state index contributed by atoms with van der Waals surface area (Å²) >= 11 is 0. The molecular formula is C22H25NO2. The molecule has 2 heterocycles. The molecule has 2 saturated heterocycles. The van der Waals surface area contributed by atoms with Gasteiger partial charge in [-0.25, -0.2) is 0 Å². The molecule has 0 aliphatic carbocycles. The Labute approximate surface area is 149 Å². The lowest BCUT2D eigenvalue weighted by atomic mass is 9.71. The maximum Gasteiger partial charge on any atom is 0.231 e. The molecule has 0 radical (unpaired) electrons. The first kappa shape index (κ1) is 16.3. The first-order chi connectivity index (χ1) is 12.2. The van der Waals surface area contributed by atoms with Crippen molar-refractivity contribution in [3.63, 3.8) is 0 Å².